The van der Waals surface area contributed by atoms with Gasteiger partial charge in [0, 0.05) is 7.05 Å². The summed E-state index contributed by atoms with van der Waals surface area (Å²) in [6.07, 6.45) is 0. The maximum absolute atomic E-state index is 12.9. The number of sulfonamides is 1. The van der Waals surface area contributed by atoms with Crippen molar-refractivity contribution in [1.82, 2.24) is 9.36 Å². The molecule has 0 fully saturated rings. The molecule has 0 atom stereocenters. The number of nitrogens with one attached hydrogen (secondary N) is 1. The van der Waals surface area contributed by atoms with Gasteiger partial charge in [-0.05, 0) is 56.7 Å². The van der Waals surface area contributed by atoms with Crippen LogP contribution in [0.1, 0.15) is 18.2 Å². The molecule has 0 aliphatic heterocycles. The van der Waals surface area contributed by atoms with E-state index in [1.54, 1.807) is 43.8 Å². The van der Waals surface area contributed by atoms with Gasteiger partial charge in [0.2, 0.25) is 0 Å². The summed E-state index contributed by atoms with van der Waals surface area (Å²) in [5, 5.41) is 0. The molecule has 0 aliphatic carbocycles. The summed E-state index contributed by atoms with van der Waals surface area (Å²) in [6, 6.07) is 13.7. The van der Waals surface area contributed by atoms with Crippen LogP contribution in [-0.4, -0.2) is 24.4 Å². The first kappa shape index (κ1) is 19.8. The minimum Gasteiger partial charge on any atom is -0.494 e. The van der Waals surface area contributed by atoms with Crippen molar-refractivity contribution >= 4 is 15.7 Å². The molecule has 0 amide bonds. The van der Waals surface area contributed by atoms with Gasteiger partial charge in [-0.3, -0.25) is 14.2 Å². The molecule has 0 saturated heterocycles. The zero-order valence-electron chi connectivity index (χ0n) is 16.3. The van der Waals surface area contributed by atoms with E-state index in [-0.39, 0.29) is 10.6 Å². The fourth-order valence-electron chi connectivity index (χ4n) is 2.99. The Morgan fingerprint density at radius 3 is 2.36 bits per heavy atom. The van der Waals surface area contributed by atoms with Crippen LogP contribution in [0.2, 0.25) is 0 Å². The van der Waals surface area contributed by atoms with Crippen molar-refractivity contribution in [2.75, 3.05) is 11.3 Å². The second kappa shape index (κ2) is 7.55. The lowest BCUT2D eigenvalue weighted by Gasteiger charge is -2.10. The Labute approximate surface area is 164 Å². The molecule has 8 heteroatoms. The highest BCUT2D eigenvalue weighted by Gasteiger charge is 2.23. The predicted molar refractivity (Wildman–Crippen MR) is 109 cm³/mol. The lowest BCUT2D eigenvalue weighted by Crippen LogP contribution is -2.23. The molecule has 0 aliphatic rings. The van der Waals surface area contributed by atoms with E-state index in [1.165, 1.54) is 16.8 Å². The summed E-state index contributed by atoms with van der Waals surface area (Å²) >= 11 is 0. The number of ether oxygens (including phenoxy) is 1. The standard InChI is InChI=1S/C20H23N3O4S/c1-5-27-18-12-11-17(13-14(18)2)28(25,26)21-19-15(3)22(4)23(20(19)24)16-9-7-6-8-10-16/h6-13,21H,5H2,1-4H3. The summed E-state index contributed by atoms with van der Waals surface area (Å²) in [5.41, 5.74) is 1.46. The minimum absolute atomic E-state index is 0.0258. The fourth-order valence-corrected chi connectivity index (χ4v) is 4.19. The zero-order chi connectivity index (χ0) is 20.5. The van der Waals surface area contributed by atoms with Crippen molar-refractivity contribution in [2.45, 2.75) is 25.7 Å². The Balaban J connectivity index is 2.02. The van der Waals surface area contributed by atoms with E-state index in [9.17, 15) is 13.2 Å². The van der Waals surface area contributed by atoms with Gasteiger partial charge in [0.15, 0.2) is 0 Å². The minimum atomic E-state index is -3.93. The summed E-state index contributed by atoms with van der Waals surface area (Å²) in [5.74, 6) is 0.628. The van der Waals surface area contributed by atoms with Crippen molar-refractivity contribution in [2.24, 2.45) is 7.05 Å². The molecule has 3 rings (SSSR count). The Morgan fingerprint density at radius 1 is 1.07 bits per heavy atom. The number of benzene rings is 2. The van der Waals surface area contributed by atoms with Gasteiger partial charge >= 0.3 is 0 Å². The Hall–Kier alpha value is -3.00. The van der Waals surface area contributed by atoms with Gasteiger partial charge in [0.05, 0.1) is 22.9 Å². The number of anilines is 1. The van der Waals surface area contributed by atoms with E-state index in [4.69, 9.17) is 4.74 Å². The number of rotatable bonds is 6. The second-order valence-electron chi connectivity index (χ2n) is 6.40. The molecule has 0 saturated carbocycles. The van der Waals surface area contributed by atoms with Crippen molar-refractivity contribution in [1.29, 1.82) is 0 Å². The first-order valence-corrected chi connectivity index (χ1v) is 10.3. The summed E-state index contributed by atoms with van der Waals surface area (Å²) in [6.45, 7) is 5.83. The SMILES string of the molecule is CCOc1ccc(S(=O)(=O)Nc2c(C)n(C)n(-c3ccccc3)c2=O)cc1C. The van der Waals surface area contributed by atoms with Crippen molar-refractivity contribution in [3.8, 4) is 11.4 Å². The predicted octanol–water partition coefficient (Wildman–Crippen LogP) is 2.99. The summed E-state index contributed by atoms with van der Waals surface area (Å²) < 4.78 is 36.7. The van der Waals surface area contributed by atoms with E-state index in [0.29, 0.717) is 29.3 Å². The van der Waals surface area contributed by atoms with Crippen LogP contribution in [0.25, 0.3) is 5.69 Å². The number of nitrogens with zero attached hydrogens (tertiary/aromatic N) is 2. The van der Waals surface area contributed by atoms with Gasteiger partial charge in [0.25, 0.3) is 15.6 Å². The smallest absolute Gasteiger partial charge is 0.296 e. The van der Waals surface area contributed by atoms with Gasteiger partial charge in [-0.15, -0.1) is 0 Å². The molecule has 1 aromatic heterocycles. The van der Waals surface area contributed by atoms with Crippen LogP contribution in [0.5, 0.6) is 5.75 Å². The largest absolute Gasteiger partial charge is 0.494 e. The highest BCUT2D eigenvalue weighted by molar-refractivity contribution is 7.92. The van der Waals surface area contributed by atoms with E-state index < -0.39 is 15.6 Å². The number of para-hydroxylation sites is 1. The lowest BCUT2D eigenvalue weighted by molar-refractivity contribution is 0.337. The molecule has 28 heavy (non-hydrogen) atoms. The van der Waals surface area contributed by atoms with Gasteiger partial charge in [-0.1, -0.05) is 18.2 Å². The van der Waals surface area contributed by atoms with Gasteiger partial charge in [-0.2, -0.15) is 0 Å². The third kappa shape index (κ3) is 3.55. The molecule has 0 unspecified atom stereocenters. The molecule has 1 heterocycles. The molecule has 148 valence electrons. The first-order chi connectivity index (χ1) is 13.3. The van der Waals surface area contributed by atoms with Gasteiger partial charge in [-0.25, -0.2) is 13.1 Å². The molecule has 0 bridgehead atoms. The highest BCUT2D eigenvalue weighted by Crippen LogP contribution is 2.24. The Morgan fingerprint density at radius 2 is 1.75 bits per heavy atom. The zero-order valence-corrected chi connectivity index (χ0v) is 17.1. The third-order valence-electron chi connectivity index (χ3n) is 4.55. The maximum Gasteiger partial charge on any atom is 0.296 e. The van der Waals surface area contributed by atoms with Crippen molar-refractivity contribution in [3.05, 3.63) is 70.1 Å². The number of hydrogen-bond acceptors (Lipinski definition) is 4. The first-order valence-electron chi connectivity index (χ1n) is 8.86. The van der Waals surface area contributed by atoms with E-state index in [1.807, 2.05) is 25.1 Å². The molecule has 1 N–H and O–H groups in total. The molecule has 2 aromatic carbocycles. The quantitative estimate of drug-likeness (QED) is 0.688. The van der Waals surface area contributed by atoms with Crippen molar-refractivity contribution < 1.29 is 13.2 Å². The number of aromatic nitrogens is 2. The fraction of sp³-hybridized carbons (Fsp3) is 0.250. The average molecular weight is 401 g/mol. The molecule has 0 spiro atoms. The Kier molecular flexibility index (Phi) is 5.33. The van der Waals surface area contributed by atoms with Crippen LogP contribution in [0.3, 0.4) is 0 Å². The maximum atomic E-state index is 12.9. The molecular weight excluding hydrogens is 378 g/mol. The van der Waals surface area contributed by atoms with Crippen LogP contribution < -0.4 is 15.0 Å². The number of hydrogen-bond donors (Lipinski definition) is 1. The van der Waals surface area contributed by atoms with Crippen LogP contribution in [0, 0.1) is 13.8 Å². The van der Waals surface area contributed by atoms with E-state index in [2.05, 4.69) is 4.72 Å². The van der Waals surface area contributed by atoms with Crippen LogP contribution >= 0.6 is 0 Å². The van der Waals surface area contributed by atoms with Crippen LogP contribution in [0.4, 0.5) is 5.69 Å². The topological polar surface area (TPSA) is 82.3 Å². The van der Waals surface area contributed by atoms with E-state index >= 15 is 0 Å². The summed E-state index contributed by atoms with van der Waals surface area (Å²) in [4.78, 5) is 13.0. The number of aryl methyl sites for hydroxylation is 1. The van der Waals surface area contributed by atoms with E-state index in [0.717, 1.165) is 0 Å². The molecule has 7 nitrogen and oxygen atoms in total. The van der Waals surface area contributed by atoms with Crippen LogP contribution in [-0.2, 0) is 17.1 Å². The Bertz CT molecular complexity index is 1160. The van der Waals surface area contributed by atoms with Gasteiger partial charge in [0.1, 0.15) is 11.4 Å². The summed E-state index contributed by atoms with van der Waals surface area (Å²) in [7, 11) is -2.22. The lowest BCUT2D eigenvalue weighted by atomic mass is 10.2. The average Bonchev–Trinajstić information content (AvgIpc) is 2.87. The third-order valence-corrected chi connectivity index (χ3v) is 5.89. The normalized spacial score (nSPS) is 11.4. The molecule has 0 radical (unpaired) electrons. The monoisotopic (exact) mass is 401 g/mol. The highest BCUT2D eigenvalue weighted by atomic mass is 32.2. The molecular formula is C20H23N3O4S. The van der Waals surface area contributed by atoms with Gasteiger partial charge < -0.3 is 4.74 Å². The second-order valence-corrected chi connectivity index (χ2v) is 8.08. The molecule has 3 aromatic rings. The van der Waals surface area contributed by atoms with Crippen molar-refractivity contribution in [3.63, 3.8) is 0 Å². The van der Waals surface area contributed by atoms with Crippen LogP contribution in [0.15, 0.2) is 58.2 Å².